The van der Waals surface area contributed by atoms with Gasteiger partial charge in [0, 0.05) is 6.04 Å². The summed E-state index contributed by atoms with van der Waals surface area (Å²) in [5.74, 6) is 0.567. The zero-order valence-corrected chi connectivity index (χ0v) is 11.6. The van der Waals surface area contributed by atoms with E-state index in [1.807, 2.05) is 10.6 Å². The standard InChI is InChI=1S/C14H14ClN3O/c1-10(2)18-9-17-7-12(18)8-19-14-4-3-11(6-16)5-13(14)15/h3-5,7,9-10H,8H2,1-2H3. The summed E-state index contributed by atoms with van der Waals surface area (Å²) in [6.45, 7) is 4.56. The van der Waals surface area contributed by atoms with Gasteiger partial charge < -0.3 is 9.30 Å². The smallest absolute Gasteiger partial charge is 0.138 e. The highest BCUT2D eigenvalue weighted by atomic mass is 35.5. The first-order valence-corrected chi connectivity index (χ1v) is 6.32. The molecule has 0 fully saturated rings. The summed E-state index contributed by atoms with van der Waals surface area (Å²) < 4.78 is 7.71. The van der Waals surface area contributed by atoms with E-state index >= 15 is 0 Å². The largest absolute Gasteiger partial charge is 0.486 e. The van der Waals surface area contributed by atoms with Crippen molar-refractivity contribution in [2.24, 2.45) is 0 Å². The number of rotatable bonds is 4. The maximum atomic E-state index is 8.77. The number of ether oxygens (including phenoxy) is 1. The van der Waals surface area contributed by atoms with Crippen LogP contribution in [0.3, 0.4) is 0 Å². The Balaban J connectivity index is 2.11. The lowest BCUT2D eigenvalue weighted by Gasteiger charge is -2.13. The lowest BCUT2D eigenvalue weighted by atomic mass is 10.2. The van der Waals surface area contributed by atoms with Crippen molar-refractivity contribution in [1.29, 1.82) is 5.26 Å². The predicted octanol–water partition coefficient (Wildman–Crippen LogP) is 3.57. The Morgan fingerprint density at radius 1 is 1.47 bits per heavy atom. The van der Waals surface area contributed by atoms with E-state index < -0.39 is 0 Å². The van der Waals surface area contributed by atoms with Crippen LogP contribution in [0.1, 0.15) is 31.1 Å². The van der Waals surface area contributed by atoms with Gasteiger partial charge in [-0.25, -0.2) is 4.98 Å². The van der Waals surface area contributed by atoms with E-state index in [0.29, 0.717) is 29.0 Å². The van der Waals surface area contributed by atoms with Crippen molar-refractivity contribution in [1.82, 2.24) is 9.55 Å². The molecule has 0 radical (unpaired) electrons. The molecule has 2 rings (SSSR count). The fraction of sp³-hybridized carbons (Fsp3) is 0.286. The number of nitrogens with zero attached hydrogens (tertiary/aromatic N) is 3. The molecule has 4 nitrogen and oxygen atoms in total. The Morgan fingerprint density at radius 3 is 2.89 bits per heavy atom. The van der Waals surface area contributed by atoms with E-state index in [1.165, 1.54) is 0 Å². The summed E-state index contributed by atoms with van der Waals surface area (Å²) in [7, 11) is 0. The minimum Gasteiger partial charge on any atom is -0.486 e. The predicted molar refractivity (Wildman–Crippen MR) is 73.1 cm³/mol. The number of hydrogen-bond acceptors (Lipinski definition) is 3. The van der Waals surface area contributed by atoms with Gasteiger partial charge in [-0.15, -0.1) is 0 Å². The zero-order valence-electron chi connectivity index (χ0n) is 10.8. The summed E-state index contributed by atoms with van der Waals surface area (Å²) >= 11 is 6.05. The molecule has 0 saturated heterocycles. The summed E-state index contributed by atoms with van der Waals surface area (Å²) in [5.41, 5.74) is 1.50. The first kappa shape index (κ1) is 13.4. The molecular formula is C14H14ClN3O. The number of nitriles is 1. The molecule has 0 spiro atoms. The second-order valence-corrected chi connectivity index (χ2v) is 4.84. The van der Waals surface area contributed by atoms with Crippen molar-refractivity contribution in [2.75, 3.05) is 0 Å². The van der Waals surface area contributed by atoms with Crippen LogP contribution in [0.2, 0.25) is 5.02 Å². The van der Waals surface area contributed by atoms with Gasteiger partial charge >= 0.3 is 0 Å². The molecule has 0 aliphatic heterocycles. The first-order valence-electron chi connectivity index (χ1n) is 5.95. The molecule has 0 bridgehead atoms. The molecule has 0 atom stereocenters. The van der Waals surface area contributed by atoms with Crippen molar-refractivity contribution >= 4 is 11.6 Å². The third-order valence-electron chi connectivity index (χ3n) is 2.74. The minimum absolute atomic E-state index is 0.331. The minimum atomic E-state index is 0.331. The van der Waals surface area contributed by atoms with Gasteiger partial charge in [0.25, 0.3) is 0 Å². The Kier molecular flexibility index (Phi) is 4.08. The van der Waals surface area contributed by atoms with Crippen molar-refractivity contribution < 1.29 is 4.74 Å². The lowest BCUT2D eigenvalue weighted by Crippen LogP contribution is -2.07. The average Bonchev–Trinajstić information content (AvgIpc) is 2.85. The van der Waals surface area contributed by atoms with Crippen LogP contribution in [-0.2, 0) is 6.61 Å². The van der Waals surface area contributed by atoms with Crippen LogP contribution in [0.25, 0.3) is 0 Å². The van der Waals surface area contributed by atoms with Crippen LogP contribution in [0, 0.1) is 11.3 Å². The van der Waals surface area contributed by atoms with Gasteiger partial charge in [-0.3, -0.25) is 0 Å². The van der Waals surface area contributed by atoms with Crippen molar-refractivity contribution in [3.05, 3.63) is 47.0 Å². The number of imidazole rings is 1. The van der Waals surface area contributed by atoms with Crippen molar-refractivity contribution in [3.8, 4) is 11.8 Å². The highest BCUT2D eigenvalue weighted by molar-refractivity contribution is 6.32. The van der Waals surface area contributed by atoms with Gasteiger partial charge in [-0.1, -0.05) is 11.6 Å². The van der Waals surface area contributed by atoms with Gasteiger partial charge in [-0.2, -0.15) is 5.26 Å². The average molecular weight is 276 g/mol. The highest BCUT2D eigenvalue weighted by Crippen LogP contribution is 2.26. The highest BCUT2D eigenvalue weighted by Gasteiger charge is 2.08. The number of hydrogen-bond donors (Lipinski definition) is 0. The second kappa shape index (κ2) is 5.77. The second-order valence-electron chi connectivity index (χ2n) is 4.43. The third-order valence-corrected chi connectivity index (χ3v) is 3.03. The molecule has 1 heterocycles. The number of halogens is 1. The van der Waals surface area contributed by atoms with Crippen LogP contribution in [0.5, 0.6) is 5.75 Å². The van der Waals surface area contributed by atoms with Gasteiger partial charge in [0.05, 0.1) is 34.9 Å². The van der Waals surface area contributed by atoms with Crippen molar-refractivity contribution in [3.63, 3.8) is 0 Å². The lowest BCUT2D eigenvalue weighted by molar-refractivity contribution is 0.292. The molecule has 0 aliphatic carbocycles. The molecule has 2 aromatic rings. The molecular weight excluding hydrogens is 262 g/mol. The first-order chi connectivity index (χ1) is 9.11. The van der Waals surface area contributed by atoms with Gasteiger partial charge in [0.1, 0.15) is 12.4 Å². The SMILES string of the molecule is CC(C)n1cncc1COc1ccc(C#N)cc1Cl. The molecule has 5 heteroatoms. The van der Waals surface area contributed by atoms with Gasteiger partial charge in [0.15, 0.2) is 0 Å². The molecule has 0 amide bonds. The van der Waals surface area contributed by atoms with E-state index in [-0.39, 0.29) is 0 Å². The fourth-order valence-electron chi connectivity index (χ4n) is 1.75. The Morgan fingerprint density at radius 2 is 2.26 bits per heavy atom. The Bertz CT molecular complexity index is 613. The van der Waals surface area contributed by atoms with Crippen LogP contribution in [0.4, 0.5) is 0 Å². The van der Waals surface area contributed by atoms with E-state index in [2.05, 4.69) is 18.8 Å². The molecule has 0 aliphatic rings. The van der Waals surface area contributed by atoms with E-state index in [9.17, 15) is 0 Å². The molecule has 1 aromatic carbocycles. The van der Waals surface area contributed by atoms with Crippen LogP contribution < -0.4 is 4.74 Å². The summed E-state index contributed by atoms with van der Waals surface area (Å²) in [6.07, 6.45) is 3.56. The quantitative estimate of drug-likeness (QED) is 0.857. The Hall–Kier alpha value is -1.99. The van der Waals surface area contributed by atoms with E-state index in [0.717, 1.165) is 5.69 Å². The number of aromatic nitrogens is 2. The molecule has 19 heavy (non-hydrogen) atoms. The number of benzene rings is 1. The van der Waals surface area contributed by atoms with E-state index in [4.69, 9.17) is 21.6 Å². The summed E-state index contributed by atoms with van der Waals surface area (Å²) in [6, 6.07) is 7.35. The summed E-state index contributed by atoms with van der Waals surface area (Å²) in [4.78, 5) is 4.11. The van der Waals surface area contributed by atoms with Crippen LogP contribution in [0.15, 0.2) is 30.7 Å². The third kappa shape index (κ3) is 3.07. The molecule has 0 saturated carbocycles. The van der Waals surface area contributed by atoms with Crippen molar-refractivity contribution in [2.45, 2.75) is 26.5 Å². The fourth-order valence-corrected chi connectivity index (χ4v) is 1.98. The monoisotopic (exact) mass is 275 g/mol. The summed E-state index contributed by atoms with van der Waals surface area (Å²) in [5, 5.41) is 9.21. The molecule has 0 unspecified atom stereocenters. The maximum absolute atomic E-state index is 8.77. The molecule has 0 N–H and O–H groups in total. The zero-order chi connectivity index (χ0) is 13.8. The topological polar surface area (TPSA) is 50.8 Å². The molecule has 1 aromatic heterocycles. The van der Waals surface area contributed by atoms with Gasteiger partial charge in [0.2, 0.25) is 0 Å². The van der Waals surface area contributed by atoms with Crippen LogP contribution >= 0.6 is 11.6 Å². The Labute approximate surface area is 117 Å². The van der Waals surface area contributed by atoms with Gasteiger partial charge in [-0.05, 0) is 32.0 Å². The maximum Gasteiger partial charge on any atom is 0.138 e. The normalized spacial score (nSPS) is 10.5. The van der Waals surface area contributed by atoms with Crippen LogP contribution in [-0.4, -0.2) is 9.55 Å². The van der Waals surface area contributed by atoms with E-state index in [1.54, 1.807) is 30.7 Å². The molecule has 98 valence electrons.